The molecule has 4 aromatic carbocycles. The largest absolute Gasteiger partial charge is 0.507 e. The molecule has 0 radical (unpaired) electrons. The van der Waals surface area contributed by atoms with E-state index in [0.717, 1.165) is 10.8 Å². The van der Waals surface area contributed by atoms with Crippen molar-refractivity contribution in [3.05, 3.63) is 96.1 Å². The van der Waals surface area contributed by atoms with E-state index >= 15 is 0 Å². The average molecular weight is 470 g/mol. The van der Waals surface area contributed by atoms with Crippen molar-refractivity contribution in [2.75, 3.05) is 24.4 Å². The van der Waals surface area contributed by atoms with E-state index in [1.54, 1.807) is 54.6 Å². The lowest BCUT2D eigenvalue weighted by Crippen LogP contribution is -2.21. The molecule has 2 amide bonds. The summed E-state index contributed by atoms with van der Waals surface area (Å²) in [6, 6.07) is 23.5. The highest BCUT2D eigenvalue weighted by Crippen LogP contribution is 2.26. The number of benzene rings is 4. The SMILES string of the molecule is COc1ccccc1NC(=O)c1ccc(NC(=O)COC(=O)c2cc3ccccc3cc2O)cc1. The standard InChI is InChI=1S/C27H22N2O6/c1-34-24-9-5-4-8-22(24)29-26(32)17-10-12-20(13-11-17)28-25(31)16-35-27(33)21-14-18-6-2-3-7-19(18)15-23(21)30/h2-15,30H,16H2,1H3,(H,28,31)(H,29,32). The number of nitrogens with one attached hydrogen (secondary N) is 2. The Kier molecular flexibility index (Phi) is 6.92. The second-order valence-electron chi connectivity index (χ2n) is 7.57. The van der Waals surface area contributed by atoms with Gasteiger partial charge >= 0.3 is 5.97 Å². The maximum atomic E-state index is 12.5. The second-order valence-corrected chi connectivity index (χ2v) is 7.57. The van der Waals surface area contributed by atoms with Crippen LogP contribution in [0.3, 0.4) is 0 Å². The number of fused-ring (bicyclic) bond motifs is 1. The number of phenols is 1. The summed E-state index contributed by atoms with van der Waals surface area (Å²) >= 11 is 0. The Morgan fingerprint density at radius 2 is 1.49 bits per heavy atom. The van der Waals surface area contributed by atoms with Gasteiger partial charge in [0.15, 0.2) is 6.61 Å². The maximum Gasteiger partial charge on any atom is 0.342 e. The molecule has 0 aliphatic carbocycles. The summed E-state index contributed by atoms with van der Waals surface area (Å²) in [4.78, 5) is 37.1. The number of rotatable bonds is 7. The molecular formula is C27H22N2O6. The van der Waals surface area contributed by atoms with E-state index in [0.29, 0.717) is 22.7 Å². The van der Waals surface area contributed by atoms with Crippen molar-refractivity contribution >= 4 is 39.9 Å². The molecule has 8 heteroatoms. The van der Waals surface area contributed by atoms with E-state index in [2.05, 4.69) is 10.6 Å². The van der Waals surface area contributed by atoms with Gasteiger partial charge in [0.05, 0.1) is 12.8 Å². The molecule has 35 heavy (non-hydrogen) atoms. The van der Waals surface area contributed by atoms with Crippen LogP contribution in [0.5, 0.6) is 11.5 Å². The molecule has 0 unspecified atom stereocenters. The predicted molar refractivity (Wildman–Crippen MR) is 132 cm³/mol. The number of para-hydroxylation sites is 2. The molecule has 3 N–H and O–H groups in total. The van der Waals surface area contributed by atoms with Crippen LogP contribution in [0.1, 0.15) is 20.7 Å². The zero-order valence-electron chi connectivity index (χ0n) is 18.8. The number of carbonyl (C=O) groups excluding carboxylic acids is 3. The molecular weight excluding hydrogens is 448 g/mol. The molecule has 0 aromatic heterocycles. The smallest absolute Gasteiger partial charge is 0.342 e. The van der Waals surface area contributed by atoms with E-state index in [9.17, 15) is 19.5 Å². The fraction of sp³-hybridized carbons (Fsp3) is 0.0741. The van der Waals surface area contributed by atoms with Crippen molar-refractivity contribution in [3.63, 3.8) is 0 Å². The molecule has 0 saturated heterocycles. The summed E-state index contributed by atoms with van der Waals surface area (Å²) in [7, 11) is 1.52. The number of aromatic hydroxyl groups is 1. The molecule has 0 fully saturated rings. The number of anilines is 2. The molecule has 0 aliphatic rings. The summed E-state index contributed by atoms with van der Waals surface area (Å²) in [6.45, 7) is -0.541. The van der Waals surface area contributed by atoms with Gasteiger partial charge in [0.1, 0.15) is 17.1 Å². The van der Waals surface area contributed by atoms with Gasteiger partial charge in [0.25, 0.3) is 11.8 Å². The number of phenolic OH excluding ortho intramolecular Hbond substituents is 1. The molecule has 0 saturated carbocycles. The van der Waals surface area contributed by atoms with Gasteiger partial charge in [-0.3, -0.25) is 9.59 Å². The van der Waals surface area contributed by atoms with Crippen LogP contribution < -0.4 is 15.4 Å². The molecule has 8 nitrogen and oxygen atoms in total. The monoisotopic (exact) mass is 470 g/mol. The first-order valence-electron chi connectivity index (χ1n) is 10.7. The molecule has 0 atom stereocenters. The third-order valence-corrected chi connectivity index (χ3v) is 5.20. The van der Waals surface area contributed by atoms with E-state index < -0.39 is 18.5 Å². The highest BCUT2D eigenvalue weighted by molar-refractivity contribution is 6.05. The number of hydrogen-bond donors (Lipinski definition) is 3. The van der Waals surface area contributed by atoms with Crippen LogP contribution in [-0.4, -0.2) is 36.6 Å². The Bertz CT molecular complexity index is 1400. The van der Waals surface area contributed by atoms with Gasteiger partial charge in [-0.05, 0) is 59.3 Å². The van der Waals surface area contributed by atoms with Crippen LogP contribution >= 0.6 is 0 Å². The van der Waals surface area contributed by atoms with Gasteiger partial charge in [0.2, 0.25) is 0 Å². The third kappa shape index (κ3) is 5.56. The molecule has 4 rings (SSSR count). The number of carbonyl (C=O) groups is 3. The van der Waals surface area contributed by atoms with Gasteiger partial charge in [0, 0.05) is 11.3 Å². The van der Waals surface area contributed by atoms with Gasteiger partial charge in [-0.25, -0.2) is 4.79 Å². The van der Waals surface area contributed by atoms with Crippen molar-refractivity contribution < 1.29 is 29.0 Å². The molecule has 0 spiro atoms. The number of ether oxygens (including phenoxy) is 2. The Morgan fingerprint density at radius 1 is 0.829 bits per heavy atom. The van der Waals surface area contributed by atoms with Crippen molar-refractivity contribution in [1.82, 2.24) is 0 Å². The Balaban J connectivity index is 1.33. The normalized spacial score (nSPS) is 10.4. The predicted octanol–water partition coefficient (Wildman–Crippen LogP) is 4.60. The lowest BCUT2D eigenvalue weighted by Gasteiger charge is -2.11. The van der Waals surface area contributed by atoms with E-state index in [1.165, 1.54) is 19.2 Å². The zero-order chi connectivity index (χ0) is 24.8. The first-order chi connectivity index (χ1) is 16.9. The first kappa shape index (κ1) is 23.3. The average Bonchev–Trinajstić information content (AvgIpc) is 2.87. The minimum Gasteiger partial charge on any atom is -0.507 e. The summed E-state index contributed by atoms with van der Waals surface area (Å²) in [5.41, 5.74) is 1.32. The third-order valence-electron chi connectivity index (χ3n) is 5.20. The van der Waals surface area contributed by atoms with E-state index in [1.807, 2.05) is 18.2 Å². The van der Waals surface area contributed by atoms with Crippen LogP contribution in [-0.2, 0) is 9.53 Å². The lowest BCUT2D eigenvalue weighted by molar-refractivity contribution is -0.119. The second kappa shape index (κ2) is 10.4. The summed E-state index contributed by atoms with van der Waals surface area (Å²) < 4.78 is 10.3. The van der Waals surface area contributed by atoms with Gasteiger partial charge < -0.3 is 25.2 Å². The van der Waals surface area contributed by atoms with Crippen molar-refractivity contribution in [2.45, 2.75) is 0 Å². The van der Waals surface area contributed by atoms with E-state index in [4.69, 9.17) is 9.47 Å². The molecule has 0 heterocycles. The highest BCUT2D eigenvalue weighted by atomic mass is 16.5. The van der Waals surface area contributed by atoms with Crippen molar-refractivity contribution in [1.29, 1.82) is 0 Å². The fourth-order valence-corrected chi connectivity index (χ4v) is 3.45. The van der Waals surface area contributed by atoms with E-state index in [-0.39, 0.29) is 17.2 Å². The summed E-state index contributed by atoms with van der Waals surface area (Å²) in [5, 5.41) is 17.0. The zero-order valence-corrected chi connectivity index (χ0v) is 18.8. The van der Waals surface area contributed by atoms with Gasteiger partial charge in [-0.2, -0.15) is 0 Å². The maximum absolute atomic E-state index is 12.5. The quantitative estimate of drug-likeness (QED) is 0.340. The molecule has 0 bridgehead atoms. The topological polar surface area (TPSA) is 114 Å². The van der Waals surface area contributed by atoms with Crippen molar-refractivity contribution in [3.8, 4) is 11.5 Å². The summed E-state index contributed by atoms with van der Waals surface area (Å²) in [5.74, 6) is -1.40. The van der Waals surface area contributed by atoms with Crippen LogP contribution in [0.4, 0.5) is 11.4 Å². The van der Waals surface area contributed by atoms with Crippen LogP contribution in [0.2, 0.25) is 0 Å². The number of hydrogen-bond acceptors (Lipinski definition) is 6. The first-order valence-corrected chi connectivity index (χ1v) is 10.7. The minimum atomic E-state index is -0.813. The van der Waals surface area contributed by atoms with Gasteiger partial charge in [-0.15, -0.1) is 0 Å². The Hall–Kier alpha value is -4.85. The fourth-order valence-electron chi connectivity index (χ4n) is 3.45. The van der Waals surface area contributed by atoms with Crippen LogP contribution in [0, 0.1) is 0 Å². The van der Waals surface area contributed by atoms with Crippen LogP contribution in [0.25, 0.3) is 10.8 Å². The summed E-state index contributed by atoms with van der Waals surface area (Å²) in [6.07, 6.45) is 0. The Morgan fingerprint density at radius 3 is 2.20 bits per heavy atom. The molecule has 4 aromatic rings. The lowest BCUT2D eigenvalue weighted by atomic mass is 10.1. The Labute approximate surface area is 201 Å². The number of methoxy groups -OCH3 is 1. The molecule has 0 aliphatic heterocycles. The molecule has 176 valence electrons. The number of esters is 1. The highest BCUT2D eigenvalue weighted by Gasteiger charge is 2.16. The van der Waals surface area contributed by atoms with Gasteiger partial charge in [-0.1, -0.05) is 36.4 Å². The number of amides is 2. The minimum absolute atomic E-state index is 0.0260. The van der Waals surface area contributed by atoms with Crippen molar-refractivity contribution in [2.24, 2.45) is 0 Å². The van der Waals surface area contributed by atoms with Crippen LogP contribution in [0.15, 0.2) is 84.9 Å².